The van der Waals surface area contributed by atoms with Crippen LogP contribution >= 0.6 is 0 Å². The Morgan fingerprint density at radius 2 is 2.04 bits per heavy atom. The number of carbonyl (C=O) groups excluding carboxylic acids is 2. The van der Waals surface area contributed by atoms with E-state index in [2.05, 4.69) is 26.1 Å². The Morgan fingerprint density at radius 1 is 1.33 bits per heavy atom. The molecule has 0 radical (unpaired) electrons. The van der Waals surface area contributed by atoms with Gasteiger partial charge in [0.1, 0.15) is 5.75 Å². The fourth-order valence-electron chi connectivity index (χ4n) is 2.89. The smallest absolute Gasteiger partial charge is 0.258 e. The maximum absolute atomic E-state index is 12.1. The van der Waals surface area contributed by atoms with Crippen LogP contribution in [0.4, 0.5) is 0 Å². The van der Waals surface area contributed by atoms with Crippen LogP contribution in [0.25, 0.3) is 0 Å². The highest BCUT2D eigenvalue weighted by Gasteiger charge is 2.32. The molecule has 1 aromatic rings. The highest BCUT2D eigenvalue weighted by molar-refractivity contribution is 5.82. The summed E-state index contributed by atoms with van der Waals surface area (Å²) in [6.45, 7) is 11.5. The quantitative estimate of drug-likeness (QED) is 0.901. The number of rotatable bonds is 5. The number of hydrogen-bond acceptors (Lipinski definition) is 3. The van der Waals surface area contributed by atoms with Crippen molar-refractivity contribution in [1.29, 1.82) is 0 Å². The van der Waals surface area contributed by atoms with Gasteiger partial charge in [-0.25, -0.2) is 0 Å². The lowest BCUT2D eigenvalue weighted by Crippen LogP contribution is -2.41. The van der Waals surface area contributed by atoms with E-state index in [9.17, 15) is 9.59 Å². The highest BCUT2D eigenvalue weighted by atomic mass is 16.5. The predicted molar refractivity (Wildman–Crippen MR) is 94.0 cm³/mol. The van der Waals surface area contributed by atoms with Crippen molar-refractivity contribution < 1.29 is 14.3 Å². The number of benzene rings is 1. The van der Waals surface area contributed by atoms with Gasteiger partial charge in [-0.1, -0.05) is 32.9 Å². The molecule has 132 valence electrons. The molecule has 0 aromatic heterocycles. The molecule has 1 saturated heterocycles. The Bertz CT molecular complexity index is 620. The van der Waals surface area contributed by atoms with Crippen molar-refractivity contribution in [1.82, 2.24) is 10.2 Å². The van der Waals surface area contributed by atoms with Crippen LogP contribution in [0.2, 0.25) is 0 Å². The summed E-state index contributed by atoms with van der Waals surface area (Å²) in [6.07, 6.45) is 0.366. The number of amides is 2. The van der Waals surface area contributed by atoms with Crippen molar-refractivity contribution in [3.63, 3.8) is 0 Å². The van der Waals surface area contributed by atoms with Crippen molar-refractivity contribution in [3.05, 3.63) is 29.3 Å². The molecule has 1 aliphatic heterocycles. The van der Waals surface area contributed by atoms with Gasteiger partial charge < -0.3 is 15.0 Å². The van der Waals surface area contributed by atoms with Crippen molar-refractivity contribution in [2.45, 2.75) is 47.1 Å². The number of ether oxygens (including phenoxy) is 1. The minimum atomic E-state index is -0.189. The topological polar surface area (TPSA) is 58.6 Å². The molecule has 0 unspecified atom stereocenters. The van der Waals surface area contributed by atoms with Gasteiger partial charge in [0.25, 0.3) is 5.91 Å². The van der Waals surface area contributed by atoms with E-state index in [-0.39, 0.29) is 29.9 Å². The monoisotopic (exact) mass is 332 g/mol. The lowest BCUT2D eigenvalue weighted by molar-refractivity contribution is -0.128. The van der Waals surface area contributed by atoms with Gasteiger partial charge in [-0.2, -0.15) is 0 Å². The van der Waals surface area contributed by atoms with Crippen molar-refractivity contribution >= 4 is 11.8 Å². The maximum atomic E-state index is 12.1. The summed E-state index contributed by atoms with van der Waals surface area (Å²) in [5.74, 6) is 0.638. The van der Waals surface area contributed by atoms with Crippen LogP contribution in [-0.4, -0.2) is 42.5 Å². The summed E-state index contributed by atoms with van der Waals surface area (Å²) in [5, 5.41) is 2.90. The summed E-state index contributed by atoms with van der Waals surface area (Å²) >= 11 is 0. The van der Waals surface area contributed by atoms with Crippen molar-refractivity contribution in [3.8, 4) is 5.75 Å². The third kappa shape index (κ3) is 4.98. The maximum Gasteiger partial charge on any atom is 0.258 e. The second kappa shape index (κ2) is 7.24. The van der Waals surface area contributed by atoms with Crippen LogP contribution < -0.4 is 10.1 Å². The average Bonchev–Trinajstić information content (AvgIpc) is 2.78. The van der Waals surface area contributed by atoms with E-state index >= 15 is 0 Å². The number of hydrogen-bond donors (Lipinski definition) is 1. The first-order valence-electron chi connectivity index (χ1n) is 8.42. The van der Waals surface area contributed by atoms with Crippen LogP contribution in [0.5, 0.6) is 5.75 Å². The fraction of sp³-hybridized carbons (Fsp3) is 0.579. The summed E-state index contributed by atoms with van der Waals surface area (Å²) in [4.78, 5) is 26.0. The largest absolute Gasteiger partial charge is 0.483 e. The molecule has 0 aliphatic carbocycles. The summed E-state index contributed by atoms with van der Waals surface area (Å²) in [6, 6.07) is 5.65. The number of nitrogens with one attached hydrogen (secondary N) is 1. The second-order valence-corrected chi connectivity index (χ2v) is 7.79. The summed E-state index contributed by atoms with van der Waals surface area (Å²) < 4.78 is 5.61. The van der Waals surface area contributed by atoms with Gasteiger partial charge in [-0.05, 0) is 36.5 Å². The Morgan fingerprint density at radius 3 is 2.71 bits per heavy atom. The zero-order valence-corrected chi connectivity index (χ0v) is 15.3. The first-order chi connectivity index (χ1) is 11.2. The predicted octanol–water partition coefficient (Wildman–Crippen LogP) is 2.45. The molecular weight excluding hydrogens is 304 g/mol. The normalized spacial score (nSPS) is 18.0. The molecule has 0 saturated carbocycles. The van der Waals surface area contributed by atoms with Gasteiger partial charge in [0, 0.05) is 19.5 Å². The van der Waals surface area contributed by atoms with E-state index in [0.717, 1.165) is 16.9 Å². The molecule has 1 heterocycles. The molecule has 1 aromatic carbocycles. The van der Waals surface area contributed by atoms with E-state index in [0.29, 0.717) is 19.5 Å². The molecular formula is C19H28N2O3. The molecule has 2 rings (SSSR count). The highest BCUT2D eigenvalue weighted by Crippen LogP contribution is 2.21. The lowest BCUT2D eigenvalue weighted by atomic mass is 9.96. The zero-order valence-electron chi connectivity index (χ0n) is 15.3. The van der Waals surface area contributed by atoms with Gasteiger partial charge in [0.05, 0.1) is 6.04 Å². The third-order valence-corrected chi connectivity index (χ3v) is 4.16. The molecule has 1 fully saturated rings. The molecule has 24 heavy (non-hydrogen) atoms. The number of aryl methyl sites for hydroxylation is 1. The van der Waals surface area contributed by atoms with Gasteiger partial charge >= 0.3 is 0 Å². The van der Waals surface area contributed by atoms with Crippen LogP contribution in [0.3, 0.4) is 0 Å². The second-order valence-electron chi connectivity index (χ2n) is 7.79. The first-order valence-corrected chi connectivity index (χ1v) is 8.42. The summed E-state index contributed by atoms with van der Waals surface area (Å²) in [5.41, 5.74) is 2.23. The van der Waals surface area contributed by atoms with Crippen LogP contribution in [0.15, 0.2) is 18.2 Å². The molecule has 1 aliphatic rings. The minimum absolute atomic E-state index is 0.0335. The standard InChI is InChI=1S/C19H28N2O3/c1-13-7-6-8-16(14(13)2)24-11-17(22)20-15-9-18(23)21(10-15)12-19(3,4)5/h6-8,15H,9-12H2,1-5H3,(H,20,22)/t15-/m1/s1. The number of nitrogens with zero attached hydrogens (tertiary/aromatic N) is 1. The van der Waals surface area contributed by atoms with Gasteiger partial charge in [0.15, 0.2) is 6.61 Å². The van der Waals surface area contributed by atoms with E-state index in [1.165, 1.54) is 0 Å². The number of likely N-dealkylation sites (tertiary alicyclic amines) is 1. The SMILES string of the molecule is Cc1cccc(OCC(=O)N[C@@H]2CC(=O)N(CC(C)(C)C)C2)c1C. The first kappa shape index (κ1) is 18.3. The number of carbonyl (C=O) groups is 2. The molecule has 1 N–H and O–H groups in total. The van der Waals surface area contributed by atoms with Crippen LogP contribution in [0.1, 0.15) is 38.3 Å². The summed E-state index contributed by atoms with van der Waals surface area (Å²) in [7, 11) is 0. The van der Waals surface area contributed by atoms with E-state index < -0.39 is 0 Å². The molecule has 5 nitrogen and oxygen atoms in total. The van der Waals surface area contributed by atoms with Crippen molar-refractivity contribution in [2.75, 3.05) is 19.7 Å². The molecule has 0 spiro atoms. The lowest BCUT2D eigenvalue weighted by Gasteiger charge is -2.26. The Kier molecular flexibility index (Phi) is 5.52. The van der Waals surface area contributed by atoms with Crippen LogP contribution in [-0.2, 0) is 9.59 Å². The molecule has 0 bridgehead atoms. The Hall–Kier alpha value is -2.04. The minimum Gasteiger partial charge on any atom is -0.483 e. The van der Waals surface area contributed by atoms with E-state index in [1.807, 2.05) is 36.9 Å². The Labute approximate surface area is 144 Å². The molecule has 1 atom stereocenters. The van der Waals surface area contributed by atoms with E-state index in [1.54, 1.807) is 0 Å². The third-order valence-electron chi connectivity index (χ3n) is 4.16. The Balaban J connectivity index is 1.83. The van der Waals surface area contributed by atoms with Gasteiger partial charge in [-0.3, -0.25) is 9.59 Å². The fourth-order valence-corrected chi connectivity index (χ4v) is 2.89. The molecule has 5 heteroatoms. The average molecular weight is 332 g/mol. The van der Waals surface area contributed by atoms with E-state index in [4.69, 9.17) is 4.74 Å². The molecule has 2 amide bonds. The van der Waals surface area contributed by atoms with Crippen LogP contribution in [0, 0.1) is 19.3 Å². The zero-order chi connectivity index (χ0) is 17.9. The van der Waals surface area contributed by atoms with Gasteiger partial charge in [0.2, 0.25) is 5.91 Å². The van der Waals surface area contributed by atoms with Crippen molar-refractivity contribution in [2.24, 2.45) is 5.41 Å². The van der Waals surface area contributed by atoms with Gasteiger partial charge in [-0.15, -0.1) is 0 Å².